The van der Waals surface area contributed by atoms with Gasteiger partial charge in [0, 0.05) is 12.2 Å². The number of para-hydroxylation sites is 1. The Hall–Kier alpha value is -1.99. The molecule has 0 spiro atoms. The first kappa shape index (κ1) is 13.0. The first-order valence-corrected chi connectivity index (χ1v) is 7.19. The van der Waals surface area contributed by atoms with Crippen LogP contribution in [0.4, 0.5) is 10.8 Å². The summed E-state index contributed by atoms with van der Waals surface area (Å²) < 4.78 is 5.54. The van der Waals surface area contributed by atoms with Crippen LogP contribution < -0.4 is 10.2 Å². The average Bonchev–Trinajstić information content (AvgIpc) is 3.01. The summed E-state index contributed by atoms with van der Waals surface area (Å²) in [6, 6.07) is 10.0. The van der Waals surface area contributed by atoms with Crippen molar-refractivity contribution in [2.75, 3.05) is 29.9 Å². The Balaban J connectivity index is 1.64. The van der Waals surface area contributed by atoms with E-state index >= 15 is 0 Å². The predicted octanol–water partition coefficient (Wildman–Crippen LogP) is 1.38. The number of hydrogen-bond donors (Lipinski definition) is 1. The van der Waals surface area contributed by atoms with Crippen molar-refractivity contribution in [2.24, 2.45) is 0 Å². The van der Waals surface area contributed by atoms with Gasteiger partial charge in [0.05, 0.1) is 13.2 Å². The van der Waals surface area contributed by atoms with E-state index in [0.717, 1.165) is 12.2 Å². The number of carbonyl (C=O) groups excluding carboxylic acids is 1. The van der Waals surface area contributed by atoms with Crippen molar-refractivity contribution in [3.05, 3.63) is 35.8 Å². The van der Waals surface area contributed by atoms with Gasteiger partial charge in [0.25, 0.3) is 5.91 Å². The summed E-state index contributed by atoms with van der Waals surface area (Å²) in [5, 5.41) is 10.7. The van der Waals surface area contributed by atoms with Crippen LogP contribution in [0, 0.1) is 0 Å². The third kappa shape index (κ3) is 2.94. The van der Waals surface area contributed by atoms with Crippen LogP contribution in [0.2, 0.25) is 0 Å². The number of amides is 1. The van der Waals surface area contributed by atoms with Crippen LogP contribution in [0.1, 0.15) is 0 Å². The van der Waals surface area contributed by atoms with E-state index in [0.29, 0.717) is 18.3 Å². The van der Waals surface area contributed by atoms with Gasteiger partial charge in [0.2, 0.25) is 5.13 Å². The molecule has 1 aliphatic heterocycles. The quantitative estimate of drug-likeness (QED) is 0.925. The first-order valence-electron chi connectivity index (χ1n) is 6.31. The molecule has 0 bridgehead atoms. The summed E-state index contributed by atoms with van der Waals surface area (Å²) in [6.07, 6.45) is -0.493. The molecule has 1 aromatic heterocycles. The predicted molar refractivity (Wildman–Crippen MR) is 76.9 cm³/mol. The number of morpholine rings is 1. The van der Waals surface area contributed by atoms with Crippen LogP contribution in [0.25, 0.3) is 0 Å². The molecule has 0 radical (unpaired) electrons. The third-order valence-corrected chi connectivity index (χ3v) is 3.68. The van der Waals surface area contributed by atoms with Crippen LogP contribution in [-0.2, 0) is 9.53 Å². The van der Waals surface area contributed by atoms with Crippen molar-refractivity contribution in [3.8, 4) is 0 Å². The Labute approximate surface area is 120 Å². The number of benzene rings is 1. The maximum Gasteiger partial charge on any atom is 0.257 e. The molecule has 3 rings (SSSR count). The van der Waals surface area contributed by atoms with Gasteiger partial charge in [0.15, 0.2) is 6.10 Å². The number of aromatic nitrogens is 2. The number of ether oxygens (including phenoxy) is 1. The zero-order valence-electron chi connectivity index (χ0n) is 10.7. The fourth-order valence-electron chi connectivity index (χ4n) is 2.09. The smallest absolute Gasteiger partial charge is 0.257 e. The summed E-state index contributed by atoms with van der Waals surface area (Å²) >= 11 is 1.29. The molecule has 6 nitrogen and oxygen atoms in total. The van der Waals surface area contributed by atoms with E-state index in [2.05, 4.69) is 20.4 Å². The normalized spacial score (nSPS) is 18.8. The highest BCUT2D eigenvalue weighted by Gasteiger charge is 2.27. The van der Waals surface area contributed by atoms with E-state index in [1.54, 1.807) is 5.51 Å². The lowest BCUT2D eigenvalue weighted by molar-refractivity contribution is -0.128. The fraction of sp³-hybridized carbons (Fsp3) is 0.308. The molecule has 1 saturated heterocycles. The fourth-order valence-corrected chi connectivity index (χ4v) is 2.54. The minimum absolute atomic E-state index is 0.178. The second-order valence-electron chi connectivity index (χ2n) is 4.37. The molecule has 20 heavy (non-hydrogen) atoms. The summed E-state index contributed by atoms with van der Waals surface area (Å²) in [7, 11) is 0. The van der Waals surface area contributed by atoms with Crippen molar-refractivity contribution in [1.29, 1.82) is 0 Å². The summed E-state index contributed by atoms with van der Waals surface area (Å²) in [5.74, 6) is -0.178. The molecule has 1 N–H and O–H groups in total. The molecule has 1 amide bonds. The van der Waals surface area contributed by atoms with Crippen LogP contribution in [0.5, 0.6) is 0 Å². The van der Waals surface area contributed by atoms with E-state index in [4.69, 9.17) is 4.74 Å². The molecule has 7 heteroatoms. The SMILES string of the molecule is O=C(Nc1nncs1)[C@@H]1CN(c2ccccc2)CCO1. The molecule has 0 aliphatic carbocycles. The van der Waals surface area contributed by atoms with Crippen molar-refractivity contribution < 1.29 is 9.53 Å². The molecule has 0 unspecified atom stereocenters. The monoisotopic (exact) mass is 290 g/mol. The molecule has 2 heterocycles. The van der Waals surface area contributed by atoms with Gasteiger partial charge in [-0.05, 0) is 12.1 Å². The Bertz CT molecular complexity index is 561. The first-order chi connectivity index (χ1) is 9.83. The van der Waals surface area contributed by atoms with Gasteiger partial charge in [-0.25, -0.2) is 0 Å². The highest BCUT2D eigenvalue weighted by atomic mass is 32.1. The Morgan fingerprint density at radius 3 is 3.00 bits per heavy atom. The lowest BCUT2D eigenvalue weighted by atomic mass is 10.2. The van der Waals surface area contributed by atoms with Crippen LogP contribution in [0.3, 0.4) is 0 Å². The summed E-state index contributed by atoms with van der Waals surface area (Å²) in [6.45, 7) is 1.85. The zero-order chi connectivity index (χ0) is 13.8. The lowest BCUT2D eigenvalue weighted by Gasteiger charge is -2.33. The van der Waals surface area contributed by atoms with Gasteiger partial charge < -0.3 is 9.64 Å². The van der Waals surface area contributed by atoms with E-state index < -0.39 is 6.10 Å². The number of rotatable bonds is 3. The Morgan fingerprint density at radius 2 is 2.25 bits per heavy atom. The minimum atomic E-state index is -0.493. The Morgan fingerprint density at radius 1 is 1.40 bits per heavy atom. The number of nitrogens with one attached hydrogen (secondary N) is 1. The van der Waals surface area contributed by atoms with Gasteiger partial charge in [-0.3, -0.25) is 10.1 Å². The van der Waals surface area contributed by atoms with Gasteiger partial charge in [0.1, 0.15) is 5.51 Å². The lowest BCUT2D eigenvalue weighted by Crippen LogP contribution is -2.48. The van der Waals surface area contributed by atoms with Crippen molar-refractivity contribution >= 4 is 28.1 Å². The second-order valence-corrected chi connectivity index (χ2v) is 5.21. The van der Waals surface area contributed by atoms with E-state index in [1.807, 2.05) is 30.3 Å². The second kappa shape index (κ2) is 5.98. The number of carbonyl (C=O) groups is 1. The maximum atomic E-state index is 12.1. The molecular weight excluding hydrogens is 276 g/mol. The molecular formula is C13H14N4O2S. The van der Waals surface area contributed by atoms with E-state index in [9.17, 15) is 4.79 Å². The molecule has 1 aromatic carbocycles. The number of hydrogen-bond acceptors (Lipinski definition) is 6. The van der Waals surface area contributed by atoms with E-state index in [1.165, 1.54) is 11.3 Å². The zero-order valence-corrected chi connectivity index (χ0v) is 11.5. The van der Waals surface area contributed by atoms with Crippen molar-refractivity contribution in [1.82, 2.24) is 10.2 Å². The minimum Gasteiger partial charge on any atom is -0.366 e. The molecule has 0 saturated carbocycles. The Kier molecular flexibility index (Phi) is 3.89. The van der Waals surface area contributed by atoms with Crippen LogP contribution in [-0.4, -0.2) is 41.9 Å². The molecule has 1 atom stereocenters. The number of anilines is 2. The van der Waals surface area contributed by atoms with Gasteiger partial charge in [-0.1, -0.05) is 29.5 Å². The molecule has 1 aliphatic rings. The average molecular weight is 290 g/mol. The summed E-state index contributed by atoms with van der Waals surface area (Å²) in [5.41, 5.74) is 2.68. The van der Waals surface area contributed by atoms with Gasteiger partial charge in [-0.15, -0.1) is 10.2 Å². The van der Waals surface area contributed by atoms with Crippen LogP contribution >= 0.6 is 11.3 Å². The largest absolute Gasteiger partial charge is 0.366 e. The van der Waals surface area contributed by atoms with Crippen LogP contribution in [0.15, 0.2) is 35.8 Å². The highest BCUT2D eigenvalue weighted by Crippen LogP contribution is 2.18. The standard InChI is InChI=1S/C13H14N4O2S/c18-12(15-13-16-14-9-20-13)11-8-17(6-7-19-11)10-4-2-1-3-5-10/h1-5,9,11H,6-8H2,(H,15,16,18)/t11-/m0/s1. The van der Waals surface area contributed by atoms with E-state index in [-0.39, 0.29) is 5.91 Å². The maximum absolute atomic E-state index is 12.1. The van der Waals surface area contributed by atoms with Gasteiger partial charge in [-0.2, -0.15) is 0 Å². The number of nitrogens with zero attached hydrogens (tertiary/aromatic N) is 3. The van der Waals surface area contributed by atoms with Crippen molar-refractivity contribution in [2.45, 2.75) is 6.10 Å². The molecule has 2 aromatic rings. The highest BCUT2D eigenvalue weighted by molar-refractivity contribution is 7.13. The topological polar surface area (TPSA) is 67.4 Å². The molecule has 1 fully saturated rings. The third-order valence-electron chi connectivity index (χ3n) is 3.07. The molecule has 104 valence electrons. The van der Waals surface area contributed by atoms with Crippen molar-refractivity contribution in [3.63, 3.8) is 0 Å². The van der Waals surface area contributed by atoms with Gasteiger partial charge >= 0.3 is 0 Å². The summed E-state index contributed by atoms with van der Waals surface area (Å²) in [4.78, 5) is 14.3.